The number of benzene rings is 3. The highest BCUT2D eigenvalue weighted by Gasteiger charge is 2.45. The van der Waals surface area contributed by atoms with Crippen LogP contribution in [0.1, 0.15) is 22.7 Å². The summed E-state index contributed by atoms with van der Waals surface area (Å²) in [6.07, 6.45) is -7.62. The molecule has 0 bridgehead atoms. The van der Waals surface area contributed by atoms with Crippen LogP contribution in [-0.4, -0.2) is 69.6 Å². The summed E-state index contributed by atoms with van der Waals surface area (Å²) in [6.45, 7) is 1.18. The van der Waals surface area contributed by atoms with Gasteiger partial charge in [-0.15, -0.1) is 22.7 Å². The molecule has 4 aromatic rings. The number of nitrogens with zero attached hydrogens (tertiary/aromatic N) is 6. The molecular formula is C27H18F4N6O5. The fourth-order valence-electron chi connectivity index (χ4n) is 5.33. The fourth-order valence-corrected chi connectivity index (χ4v) is 5.33. The third kappa shape index (κ3) is 4.45. The number of fused-ring (bicyclic) bond motifs is 3. The summed E-state index contributed by atoms with van der Waals surface area (Å²) in [5, 5.41) is 17.1. The number of halogens is 4. The maximum atomic E-state index is 13.7. The molecule has 0 saturated carbocycles. The number of aromatic nitrogens is 3. The highest BCUT2D eigenvalue weighted by Crippen LogP contribution is 2.46. The molecule has 0 spiro atoms. The first kappa shape index (κ1) is 25.8. The molecule has 0 aliphatic carbocycles. The molecular weight excluding hydrogens is 564 g/mol. The number of carbonyl (C=O) groups is 1. The van der Waals surface area contributed by atoms with E-state index in [4.69, 9.17) is 5.26 Å². The average Bonchev–Trinajstić information content (AvgIpc) is 3.62. The second-order valence-corrected chi connectivity index (χ2v) is 9.77. The van der Waals surface area contributed by atoms with Crippen molar-refractivity contribution < 1.29 is 41.3 Å². The monoisotopic (exact) mass is 582 g/mol. The highest BCUT2D eigenvalue weighted by atomic mass is 19.3. The van der Waals surface area contributed by atoms with Crippen LogP contribution in [0.2, 0.25) is 0 Å². The van der Waals surface area contributed by atoms with Crippen molar-refractivity contribution >= 4 is 17.1 Å². The summed E-state index contributed by atoms with van der Waals surface area (Å²) in [4.78, 5) is 16.9. The first-order valence-corrected chi connectivity index (χ1v) is 12.7. The zero-order chi connectivity index (χ0) is 29.2. The lowest BCUT2D eigenvalue weighted by Gasteiger charge is -2.39. The van der Waals surface area contributed by atoms with Crippen molar-refractivity contribution in [2.75, 3.05) is 26.2 Å². The van der Waals surface area contributed by atoms with Gasteiger partial charge in [0.05, 0.1) is 23.2 Å². The second-order valence-electron chi connectivity index (χ2n) is 9.77. The first-order valence-electron chi connectivity index (χ1n) is 12.7. The third-order valence-electron chi connectivity index (χ3n) is 7.19. The van der Waals surface area contributed by atoms with E-state index in [1.165, 1.54) is 35.0 Å². The minimum absolute atomic E-state index is 0.134. The predicted octanol–water partition coefficient (Wildman–Crippen LogP) is 4.32. The molecule has 42 heavy (non-hydrogen) atoms. The number of ether oxygens (including phenoxy) is 4. The Morgan fingerprint density at radius 3 is 1.95 bits per heavy atom. The molecule has 15 heteroatoms. The fraction of sp³-hybridized carbons (Fsp3) is 0.259. The van der Waals surface area contributed by atoms with E-state index in [-0.39, 0.29) is 36.1 Å². The van der Waals surface area contributed by atoms with Gasteiger partial charge < -0.3 is 23.8 Å². The average molecular weight is 582 g/mol. The highest BCUT2D eigenvalue weighted by molar-refractivity contribution is 5.88. The molecule has 7 rings (SSSR count). The van der Waals surface area contributed by atoms with Gasteiger partial charge in [0.2, 0.25) is 0 Å². The molecule has 0 radical (unpaired) electrons. The van der Waals surface area contributed by atoms with Gasteiger partial charge in [-0.25, -0.2) is 4.79 Å². The predicted molar refractivity (Wildman–Crippen MR) is 133 cm³/mol. The van der Waals surface area contributed by atoms with Crippen molar-refractivity contribution in [2.45, 2.75) is 18.6 Å². The Hall–Kier alpha value is -5.10. The third-order valence-corrected chi connectivity index (χ3v) is 7.19. The molecule has 0 unspecified atom stereocenters. The Balaban J connectivity index is 1.17. The zero-order valence-electron chi connectivity index (χ0n) is 21.3. The number of carbonyl (C=O) groups excluding carboxylic acids is 1. The van der Waals surface area contributed by atoms with E-state index in [1.54, 1.807) is 29.2 Å². The summed E-state index contributed by atoms with van der Waals surface area (Å²) in [5.74, 6) is -0.599. The van der Waals surface area contributed by atoms with Crippen LogP contribution in [0.4, 0.5) is 22.4 Å². The summed E-state index contributed by atoms with van der Waals surface area (Å²) < 4.78 is 74.4. The Morgan fingerprint density at radius 1 is 0.810 bits per heavy atom. The topological polar surface area (TPSA) is 115 Å². The van der Waals surface area contributed by atoms with E-state index in [0.29, 0.717) is 40.8 Å². The SMILES string of the molecule is N#Cc1ccc2c(c1)nnn2C(=O)N1CCN(C(c2ccc3c(c2)OC(F)(F)O3)c2ccc3c(c2)OC(F)(F)O3)CC1. The largest absolute Gasteiger partial charge is 0.586 e. The summed E-state index contributed by atoms with van der Waals surface area (Å²) in [7, 11) is 0. The molecule has 11 nitrogen and oxygen atoms in total. The minimum atomic E-state index is -3.81. The Bertz CT molecular complexity index is 1720. The van der Waals surface area contributed by atoms with Crippen LogP contribution in [0, 0.1) is 11.3 Å². The molecule has 3 aliphatic rings. The lowest BCUT2D eigenvalue weighted by molar-refractivity contribution is -0.287. The number of hydrogen-bond donors (Lipinski definition) is 0. The van der Waals surface area contributed by atoms with Crippen molar-refractivity contribution in [1.82, 2.24) is 24.8 Å². The van der Waals surface area contributed by atoms with Crippen LogP contribution in [0.5, 0.6) is 23.0 Å². The number of amides is 1. The van der Waals surface area contributed by atoms with Crippen molar-refractivity contribution in [3.8, 4) is 29.1 Å². The Morgan fingerprint density at radius 2 is 1.38 bits per heavy atom. The standard InChI is InChI=1S/C27H18F4N6O5/c28-26(29)39-20-5-2-16(12-22(20)41-26)24(17-3-6-21-23(13-17)42-27(30,31)40-21)35-7-9-36(10-8-35)25(38)37-19-4-1-15(14-32)11-18(19)33-34-37/h1-6,11-13,24H,7-10H2. The van der Waals surface area contributed by atoms with E-state index in [2.05, 4.69) is 29.3 Å². The number of piperazine rings is 1. The first-order chi connectivity index (χ1) is 20.1. The molecule has 214 valence electrons. The maximum absolute atomic E-state index is 13.7. The van der Waals surface area contributed by atoms with Gasteiger partial charge in [0, 0.05) is 26.2 Å². The molecule has 1 amide bonds. The molecule has 0 N–H and O–H groups in total. The van der Waals surface area contributed by atoms with Gasteiger partial charge in [0.1, 0.15) is 5.52 Å². The molecule has 3 aliphatic heterocycles. The zero-order valence-corrected chi connectivity index (χ0v) is 21.3. The minimum Gasteiger partial charge on any atom is -0.395 e. The van der Waals surface area contributed by atoms with Crippen molar-refractivity contribution in [3.05, 3.63) is 71.3 Å². The van der Waals surface area contributed by atoms with Crippen LogP contribution in [0.25, 0.3) is 11.0 Å². The van der Waals surface area contributed by atoms with Crippen LogP contribution < -0.4 is 18.9 Å². The van der Waals surface area contributed by atoms with Crippen molar-refractivity contribution in [2.24, 2.45) is 0 Å². The van der Waals surface area contributed by atoms with Crippen LogP contribution >= 0.6 is 0 Å². The Kier molecular flexibility index (Phi) is 5.67. The number of nitriles is 1. The van der Waals surface area contributed by atoms with Crippen molar-refractivity contribution in [1.29, 1.82) is 5.26 Å². The van der Waals surface area contributed by atoms with Gasteiger partial charge in [-0.05, 0) is 53.6 Å². The van der Waals surface area contributed by atoms with E-state index < -0.39 is 24.7 Å². The normalized spacial score (nSPS) is 18.4. The number of hydrogen-bond acceptors (Lipinski definition) is 9. The smallest absolute Gasteiger partial charge is 0.395 e. The lowest BCUT2D eigenvalue weighted by atomic mass is 9.95. The van der Waals surface area contributed by atoms with Gasteiger partial charge in [-0.3, -0.25) is 4.90 Å². The number of rotatable bonds is 3. The molecule has 4 heterocycles. The summed E-state index contributed by atoms with van der Waals surface area (Å²) in [5.41, 5.74) is 2.30. The number of alkyl halides is 4. The van der Waals surface area contributed by atoms with E-state index in [0.717, 1.165) is 0 Å². The van der Waals surface area contributed by atoms with Crippen LogP contribution in [0.3, 0.4) is 0 Å². The molecule has 1 saturated heterocycles. The molecule has 3 aromatic carbocycles. The van der Waals surface area contributed by atoms with Gasteiger partial charge in [-0.1, -0.05) is 17.3 Å². The maximum Gasteiger partial charge on any atom is 0.586 e. The Labute approximate surface area is 233 Å². The lowest BCUT2D eigenvalue weighted by Crippen LogP contribution is -2.51. The van der Waals surface area contributed by atoms with E-state index in [9.17, 15) is 22.4 Å². The summed E-state index contributed by atoms with van der Waals surface area (Å²) in [6, 6.07) is 14.4. The summed E-state index contributed by atoms with van der Waals surface area (Å²) >= 11 is 0. The quantitative estimate of drug-likeness (QED) is 0.326. The van der Waals surface area contributed by atoms with E-state index >= 15 is 0 Å². The molecule has 1 fully saturated rings. The van der Waals surface area contributed by atoms with Crippen molar-refractivity contribution in [3.63, 3.8) is 0 Å². The van der Waals surface area contributed by atoms with Gasteiger partial charge in [0.25, 0.3) is 0 Å². The van der Waals surface area contributed by atoms with Gasteiger partial charge in [0.15, 0.2) is 23.0 Å². The van der Waals surface area contributed by atoms with Crippen LogP contribution in [-0.2, 0) is 0 Å². The van der Waals surface area contributed by atoms with Gasteiger partial charge in [-0.2, -0.15) is 9.94 Å². The second kappa shape index (κ2) is 9.21. The molecule has 1 aromatic heterocycles. The van der Waals surface area contributed by atoms with Gasteiger partial charge >= 0.3 is 18.6 Å². The van der Waals surface area contributed by atoms with Crippen LogP contribution in [0.15, 0.2) is 54.6 Å². The van der Waals surface area contributed by atoms with E-state index in [1.807, 2.05) is 11.0 Å². The molecule has 0 atom stereocenters.